The van der Waals surface area contributed by atoms with Crippen LogP contribution in [0.15, 0.2) is 18.2 Å². The zero-order valence-corrected chi connectivity index (χ0v) is 17.1. The van der Waals surface area contributed by atoms with Gasteiger partial charge in [-0.1, -0.05) is 11.6 Å². The summed E-state index contributed by atoms with van der Waals surface area (Å²) in [4.78, 5) is 13.0. The van der Waals surface area contributed by atoms with Crippen LogP contribution in [-0.4, -0.2) is 42.7 Å². The molecule has 2 aromatic rings. The van der Waals surface area contributed by atoms with Gasteiger partial charge in [0, 0.05) is 16.3 Å². The number of carbonyl (C=O) groups is 1. The molecule has 1 aliphatic heterocycles. The van der Waals surface area contributed by atoms with Crippen LogP contribution in [0.5, 0.6) is 5.75 Å². The first kappa shape index (κ1) is 19.3. The van der Waals surface area contributed by atoms with Crippen LogP contribution in [0.1, 0.15) is 47.1 Å². The Kier molecular flexibility index (Phi) is 5.09. The van der Waals surface area contributed by atoms with Gasteiger partial charge in [-0.3, -0.25) is 9.48 Å². The Morgan fingerprint density at radius 3 is 2.82 bits per heavy atom. The zero-order valence-electron chi connectivity index (χ0n) is 15.6. The van der Waals surface area contributed by atoms with Gasteiger partial charge >= 0.3 is 0 Å². The molecule has 1 atom stereocenters. The molecule has 0 spiro atoms. The summed E-state index contributed by atoms with van der Waals surface area (Å²) in [6.45, 7) is 0. The molecule has 4 rings (SSSR count). The Morgan fingerprint density at radius 2 is 2.11 bits per heavy atom. The van der Waals surface area contributed by atoms with Crippen molar-refractivity contribution in [1.29, 1.82) is 0 Å². The van der Waals surface area contributed by atoms with Gasteiger partial charge in [0.2, 0.25) is 0 Å². The summed E-state index contributed by atoms with van der Waals surface area (Å²) < 4.78 is 30.9. The Morgan fingerprint density at radius 1 is 1.32 bits per heavy atom. The number of sulfone groups is 1. The minimum absolute atomic E-state index is 0.0876. The first-order valence-electron chi connectivity index (χ1n) is 9.33. The van der Waals surface area contributed by atoms with Crippen LogP contribution in [0.4, 0.5) is 5.69 Å². The number of aromatic nitrogens is 2. The number of rotatable bonds is 4. The zero-order chi connectivity index (χ0) is 19.9. The van der Waals surface area contributed by atoms with Crippen molar-refractivity contribution < 1.29 is 17.9 Å². The maximum Gasteiger partial charge on any atom is 0.276 e. The molecule has 1 saturated heterocycles. The summed E-state index contributed by atoms with van der Waals surface area (Å²) in [6.07, 6.45) is 4.13. The van der Waals surface area contributed by atoms with E-state index in [2.05, 4.69) is 10.4 Å². The van der Waals surface area contributed by atoms with E-state index in [4.69, 9.17) is 16.3 Å². The van der Waals surface area contributed by atoms with Crippen LogP contribution in [0.25, 0.3) is 0 Å². The number of hydrogen-bond donors (Lipinski definition) is 1. The first-order valence-corrected chi connectivity index (χ1v) is 11.5. The molecule has 1 aliphatic carbocycles. The fourth-order valence-electron chi connectivity index (χ4n) is 4.04. The van der Waals surface area contributed by atoms with E-state index in [-0.39, 0.29) is 23.5 Å². The van der Waals surface area contributed by atoms with Crippen LogP contribution < -0.4 is 10.1 Å². The monoisotopic (exact) mass is 423 g/mol. The van der Waals surface area contributed by atoms with Crippen molar-refractivity contribution in [2.75, 3.05) is 23.9 Å². The molecular weight excluding hydrogens is 402 g/mol. The van der Waals surface area contributed by atoms with E-state index in [0.29, 0.717) is 28.6 Å². The molecule has 0 bridgehead atoms. The fraction of sp³-hybridized carbons (Fsp3) is 0.474. The average Bonchev–Trinajstić information content (AvgIpc) is 3.22. The molecule has 9 heteroatoms. The summed E-state index contributed by atoms with van der Waals surface area (Å²) in [5.74, 6) is 0.434. The van der Waals surface area contributed by atoms with E-state index < -0.39 is 9.84 Å². The van der Waals surface area contributed by atoms with E-state index in [0.717, 1.165) is 36.9 Å². The minimum Gasteiger partial charge on any atom is -0.495 e. The lowest BCUT2D eigenvalue weighted by Crippen LogP contribution is -2.17. The number of methoxy groups -OCH3 is 1. The lowest BCUT2D eigenvalue weighted by Gasteiger charge is -2.17. The molecule has 1 aromatic heterocycles. The van der Waals surface area contributed by atoms with Gasteiger partial charge < -0.3 is 10.1 Å². The molecule has 2 heterocycles. The molecule has 0 radical (unpaired) electrons. The van der Waals surface area contributed by atoms with Gasteiger partial charge in [0.1, 0.15) is 5.75 Å². The molecule has 28 heavy (non-hydrogen) atoms. The second-order valence-electron chi connectivity index (χ2n) is 7.28. The third kappa shape index (κ3) is 3.63. The van der Waals surface area contributed by atoms with Crippen LogP contribution >= 0.6 is 11.6 Å². The van der Waals surface area contributed by atoms with Crippen molar-refractivity contribution >= 4 is 33.0 Å². The Labute approximate surface area is 168 Å². The number of fused-ring (bicyclic) bond motifs is 1. The number of ether oxygens (including phenoxy) is 1. The topological polar surface area (TPSA) is 90.3 Å². The number of amides is 1. The highest BCUT2D eigenvalue weighted by Gasteiger charge is 2.34. The number of carbonyl (C=O) groups excluding carboxylic acids is 1. The Hall–Kier alpha value is -2.06. The third-order valence-electron chi connectivity index (χ3n) is 5.39. The number of halogens is 1. The molecule has 1 fully saturated rings. The summed E-state index contributed by atoms with van der Waals surface area (Å²) in [5, 5.41) is 7.91. The SMILES string of the molecule is COc1ccc(Cl)cc1NC(=O)c1nn([C@@H]2CCS(=O)(=O)C2)c2c1CCCC2. The minimum atomic E-state index is -3.04. The normalized spacial score (nSPS) is 20.6. The second kappa shape index (κ2) is 7.40. The largest absolute Gasteiger partial charge is 0.495 e. The van der Waals surface area contributed by atoms with Gasteiger partial charge in [0.25, 0.3) is 5.91 Å². The highest BCUT2D eigenvalue weighted by atomic mass is 35.5. The number of anilines is 1. The van der Waals surface area contributed by atoms with Crippen LogP contribution in [0.2, 0.25) is 5.02 Å². The van der Waals surface area contributed by atoms with E-state index in [1.54, 1.807) is 22.9 Å². The predicted octanol–water partition coefficient (Wildman–Crippen LogP) is 3.04. The van der Waals surface area contributed by atoms with Crippen molar-refractivity contribution in [2.45, 2.75) is 38.1 Å². The van der Waals surface area contributed by atoms with Crippen molar-refractivity contribution in [2.24, 2.45) is 0 Å². The van der Waals surface area contributed by atoms with E-state index in [1.807, 2.05) is 0 Å². The Balaban J connectivity index is 1.68. The molecule has 2 aliphatic rings. The van der Waals surface area contributed by atoms with Gasteiger partial charge in [-0.05, 0) is 50.3 Å². The van der Waals surface area contributed by atoms with E-state index in [9.17, 15) is 13.2 Å². The standard InChI is InChI=1S/C19H22ClN3O4S/c1-27-17-7-6-12(20)10-15(17)21-19(24)18-14-4-2-3-5-16(14)23(22-18)13-8-9-28(25,26)11-13/h6-7,10,13H,2-5,8-9,11H2,1H3,(H,21,24)/t13-/m1/s1. The summed E-state index contributed by atoms with van der Waals surface area (Å²) in [7, 11) is -1.51. The fourth-order valence-corrected chi connectivity index (χ4v) is 5.90. The quantitative estimate of drug-likeness (QED) is 0.816. The van der Waals surface area contributed by atoms with Crippen molar-refractivity contribution in [3.63, 3.8) is 0 Å². The molecule has 0 unspecified atom stereocenters. The second-order valence-corrected chi connectivity index (χ2v) is 9.95. The molecule has 150 valence electrons. The smallest absolute Gasteiger partial charge is 0.276 e. The molecule has 0 saturated carbocycles. The number of benzene rings is 1. The highest BCUT2D eigenvalue weighted by molar-refractivity contribution is 7.91. The highest BCUT2D eigenvalue weighted by Crippen LogP contribution is 2.33. The van der Waals surface area contributed by atoms with Crippen molar-refractivity contribution in [3.05, 3.63) is 40.2 Å². The number of nitrogens with one attached hydrogen (secondary N) is 1. The van der Waals surface area contributed by atoms with Crippen molar-refractivity contribution in [3.8, 4) is 5.75 Å². The molecular formula is C19H22ClN3O4S. The lowest BCUT2D eigenvalue weighted by molar-refractivity contribution is 0.102. The maximum atomic E-state index is 13.0. The van der Waals surface area contributed by atoms with Crippen molar-refractivity contribution in [1.82, 2.24) is 9.78 Å². The van der Waals surface area contributed by atoms with E-state index >= 15 is 0 Å². The van der Waals surface area contributed by atoms with Crippen LogP contribution in [0, 0.1) is 0 Å². The van der Waals surface area contributed by atoms with Gasteiger partial charge in [-0.25, -0.2) is 8.42 Å². The molecule has 1 amide bonds. The molecule has 1 N–H and O–H groups in total. The Bertz CT molecular complexity index is 1030. The summed E-state index contributed by atoms with van der Waals surface area (Å²) in [5.41, 5.74) is 2.76. The third-order valence-corrected chi connectivity index (χ3v) is 7.37. The number of hydrogen-bond acceptors (Lipinski definition) is 5. The molecule has 1 aromatic carbocycles. The van der Waals surface area contributed by atoms with Crippen LogP contribution in [-0.2, 0) is 22.7 Å². The summed E-state index contributed by atoms with van der Waals surface area (Å²) in [6, 6.07) is 4.81. The average molecular weight is 424 g/mol. The van der Waals surface area contributed by atoms with Gasteiger partial charge in [-0.15, -0.1) is 0 Å². The molecule has 7 nitrogen and oxygen atoms in total. The first-order chi connectivity index (χ1) is 13.4. The lowest BCUT2D eigenvalue weighted by atomic mass is 9.95. The number of nitrogens with zero attached hydrogens (tertiary/aromatic N) is 2. The maximum absolute atomic E-state index is 13.0. The van der Waals surface area contributed by atoms with E-state index in [1.165, 1.54) is 7.11 Å². The van der Waals surface area contributed by atoms with Gasteiger partial charge in [-0.2, -0.15) is 5.10 Å². The van der Waals surface area contributed by atoms with Gasteiger partial charge in [0.05, 0.1) is 30.3 Å². The van der Waals surface area contributed by atoms with Gasteiger partial charge in [0.15, 0.2) is 15.5 Å². The predicted molar refractivity (Wildman–Crippen MR) is 107 cm³/mol. The summed E-state index contributed by atoms with van der Waals surface area (Å²) >= 11 is 6.05. The van der Waals surface area contributed by atoms with Crippen LogP contribution in [0.3, 0.4) is 0 Å².